The highest BCUT2D eigenvalue weighted by molar-refractivity contribution is 9.11. The van der Waals surface area contributed by atoms with Crippen LogP contribution >= 0.6 is 15.9 Å². The molecule has 1 aliphatic rings. The van der Waals surface area contributed by atoms with Gasteiger partial charge < -0.3 is 4.74 Å². The van der Waals surface area contributed by atoms with Crippen LogP contribution in [-0.2, 0) is 4.74 Å². The first kappa shape index (κ1) is 13.9. The van der Waals surface area contributed by atoms with Crippen LogP contribution in [0.1, 0.15) is 40.0 Å². The average Bonchev–Trinajstić information content (AvgIpc) is 2.30. The third-order valence-electron chi connectivity index (χ3n) is 3.15. The normalized spacial score (nSPS) is 22.2. The maximum atomic E-state index is 5.41. The molecule has 0 aliphatic carbocycles. The van der Waals surface area contributed by atoms with Gasteiger partial charge in [0.15, 0.2) is 0 Å². The zero-order chi connectivity index (χ0) is 12.0. The van der Waals surface area contributed by atoms with Crippen molar-refractivity contribution in [3.63, 3.8) is 0 Å². The Kier molecular flexibility index (Phi) is 6.29. The molecule has 0 aromatic carbocycles. The molecule has 0 saturated carbocycles. The Balaban J connectivity index is 2.77. The van der Waals surface area contributed by atoms with Crippen molar-refractivity contribution in [3.05, 3.63) is 10.7 Å². The molecule has 1 saturated heterocycles. The van der Waals surface area contributed by atoms with Gasteiger partial charge in [-0.3, -0.25) is 4.99 Å². The molecule has 1 fully saturated rings. The molecule has 0 spiro atoms. The van der Waals surface area contributed by atoms with E-state index in [2.05, 4.69) is 34.8 Å². The first-order chi connectivity index (χ1) is 7.65. The highest BCUT2D eigenvalue weighted by atomic mass is 79.9. The Labute approximate surface area is 107 Å². The van der Waals surface area contributed by atoms with Crippen molar-refractivity contribution >= 4 is 21.6 Å². The topological polar surface area (TPSA) is 21.6 Å². The fourth-order valence-corrected chi connectivity index (χ4v) is 2.10. The van der Waals surface area contributed by atoms with Crippen molar-refractivity contribution < 1.29 is 4.74 Å². The van der Waals surface area contributed by atoms with Crippen molar-refractivity contribution in [2.75, 3.05) is 13.2 Å². The second kappa shape index (κ2) is 7.23. The lowest BCUT2D eigenvalue weighted by atomic mass is 9.86. The maximum Gasteiger partial charge on any atom is 0.0472 e. The molecule has 0 radical (unpaired) electrons. The Bertz CT molecular complexity index is 263. The van der Waals surface area contributed by atoms with Crippen LogP contribution in [0.2, 0.25) is 0 Å². The summed E-state index contributed by atoms with van der Waals surface area (Å²) < 4.78 is 6.49. The van der Waals surface area contributed by atoms with Gasteiger partial charge in [0.05, 0.1) is 0 Å². The van der Waals surface area contributed by atoms with E-state index in [4.69, 9.17) is 4.74 Å². The molecule has 16 heavy (non-hydrogen) atoms. The summed E-state index contributed by atoms with van der Waals surface area (Å²) in [7, 11) is 0. The van der Waals surface area contributed by atoms with Crippen LogP contribution in [0.25, 0.3) is 0 Å². The van der Waals surface area contributed by atoms with Crippen molar-refractivity contribution in [2.45, 2.75) is 40.0 Å². The van der Waals surface area contributed by atoms with Crippen LogP contribution in [0.4, 0.5) is 0 Å². The Morgan fingerprint density at radius 1 is 1.50 bits per heavy atom. The largest absolute Gasteiger partial charge is 0.381 e. The van der Waals surface area contributed by atoms with Gasteiger partial charge in [0.25, 0.3) is 0 Å². The summed E-state index contributed by atoms with van der Waals surface area (Å²) in [5.41, 5.74) is 1.35. The van der Waals surface area contributed by atoms with Gasteiger partial charge in [-0.2, -0.15) is 0 Å². The maximum absolute atomic E-state index is 5.41. The van der Waals surface area contributed by atoms with Gasteiger partial charge >= 0.3 is 0 Å². The molecule has 1 heterocycles. The van der Waals surface area contributed by atoms with Crippen molar-refractivity contribution in [3.8, 4) is 0 Å². The van der Waals surface area contributed by atoms with E-state index in [1.165, 1.54) is 5.71 Å². The monoisotopic (exact) mass is 287 g/mol. The molecule has 1 aliphatic heterocycles. The molecule has 3 heteroatoms. The summed E-state index contributed by atoms with van der Waals surface area (Å²) in [6, 6.07) is 0. The van der Waals surface area contributed by atoms with E-state index in [1.54, 1.807) is 0 Å². The minimum atomic E-state index is 0.575. The number of allylic oxidation sites excluding steroid dienone is 1. The number of halogens is 1. The third-order valence-corrected chi connectivity index (χ3v) is 3.35. The van der Waals surface area contributed by atoms with Gasteiger partial charge in [-0.05, 0) is 32.1 Å². The van der Waals surface area contributed by atoms with E-state index >= 15 is 0 Å². The van der Waals surface area contributed by atoms with Gasteiger partial charge in [0.1, 0.15) is 0 Å². The molecule has 2 nitrogen and oxygen atoms in total. The molecule has 0 aromatic rings. The fraction of sp³-hybridized carbons (Fsp3) is 0.769. The number of ether oxygens (including phenoxy) is 1. The summed E-state index contributed by atoms with van der Waals surface area (Å²) >= 11 is 3.43. The van der Waals surface area contributed by atoms with Crippen LogP contribution < -0.4 is 0 Å². The predicted molar refractivity (Wildman–Crippen MR) is 73.1 cm³/mol. The summed E-state index contributed by atoms with van der Waals surface area (Å²) in [6.07, 6.45) is 5.33. The third kappa shape index (κ3) is 4.38. The smallest absolute Gasteiger partial charge is 0.0472 e. The Morgan fingerprint density at radius 2 is 2.12 bits per heavy atom. The van der Waals surface area contributed by atoms with E-state index in [-0.39, 0.29) is 0 Å². The van der Waals surface area contributed by atoms with Crippen LogP contribution in [0.15, 0.2) is 15.7 Å². The summed E-state index contributed by atoms with van der Waals surface area (Å²) in [5, 5.41) is 0. The lowest BCUT2D eigenvalue weighted by Crippen LogP contribution is -2.27. The minimum absolute atomic E-state index is 0.575. The van der Waals surface area contributed by atoms with E-state index in [0.29, 0.717) is 11.8 Å². The molecule has 1 unspecified atom stereocenters. The lowest BCUT2D eigenvalue weighted by Gasteiger charge is -2.26. The molecule has 1 atom stereocenters. The number of aliphatic imine (C=N–C) groups is 1. The number of rotatable bonds is 4. The quantitative estimate of drug-likeness (QED) is 0.712. The molecular weight excluding hydrogens is 266 g/mol. The molecular formula is C13H22BrNO. The molecule has 0 aromatic heterocycles. The molecule has 0 N–H and O–H groups in total. The molecule has 92 valence electrons. The zero-order valence-corrected chi connectivity index (χ0v) is 12.1. The molecule has 1 rings (SSSR count). The standard InChI is InChI=1S/C13H22BrNO/c1-4-10(2)13(15-9-11(3)14)12-5-7-16-8-6-12/h9-10,12H,4-8H2,1-3H3/b11-9+,15-13?. The highest BCUT2D eigenvalue weighted by Gasteiger charge is 2.22. The van der Waals surface area contributed by atoms with Crippen LogP contribution in [0.3, 0.4) is 0 Å². The summed E-state index contributed by atoms with van der Waals surface area (Å²) in [6.45, 7) is 8.28. The Hall–Kier alpha value is -0.150. The second-order valence-corrected chi connectivity index (χ2v) is 5.72. The van der Waals surface area contributed by atoms with E-state index in [9.17, 15) is 0 Å². The highest BCUT2D eigenvalue weighted by Crippen LogP contribution is 2.23. The van der Waals surface area contributed by atoms with Gasteiger partial charge in [-0.25, -0.2) is 0 Å². The lowest BCUT2D eigenvalue weighted by molar-refractivity contribution is 0.0818. The average molecular weight is 288 g/mol. The van der Waals surface area contributed by atoms with Crippen LogP contribution in [-0.4, -0.2) is 18.9 Å². The zero-order valence-electron chi connectivity index (χ0n) is 10.5. The fourth-order valence-electron chi connectivity index (χ4n) is 2.00. The van der Waals surface area contributed by atoms with Crippen molar-refractivity contribution in [1.82, 2.24) is 0 Å². The van der Waals surface area contributed by atoms with Gasteiger partial charge in [0.2, 0.25) is 0 Å². The molecule has 0 amide bonds. The SMILES string of the molecule is CCC(C)C(=N/C=C(\C)Br)C1CCOCC1. The summed E-state index contributed by atoms with van der Waals surface area (Å²) in [4.78, 5) is 4.67. The number of hydrogen-bond donors (Lipinski definition) is 0. The van der Waals surface area contributed by atoms with E-state index in [0.717, 1.165) is 37.0 Å². The van der Waals surface area contributed by atoms with E-state index < -0.39 is 0 Å². The Morgan fingerprint density at radius 3 is 2.62 bits per heavy atom. The van der Waals surface area contributed by atoms with Crippen molar-refractivity contribution in [1.29, 1.82) is 0 Å². The minimum Gasteiger partial charge on any atom is -0.381 e. The van der Waals surface area contributed by atoms with Crippen LogP contribution in [0.5, 0.6) is 0 Å². The second-order valence-electron chi connectivity index (χ2n) is 4.47. The predicted octanol–water partition coefficient (Wildman–Crippen LogP) is 4.16. The summed E-state index contributed by atoms with van der Waals surface area (Å²) in [5.74, 6) is 1.19. The first-order valence-corrected chi connectivity index (χ1v) is 6.92. The first-order valence-electron chi connectivity index (χ1n) is 6.12. The van der Waals surface area contributed by atoms with Crippen LogP contribution in [0, 0.1) is 11.8 Å². The molecule has 0 bridgehead atoms. The van der Waals surface area contributed by atoms with Gasteiger partial charge in [-0.15, -0.1) is 0 Å². The number of hydrogen-bond acceptors (Lipinski definition) is 2. The van der Waals surface area contributed by atoms with E-state index in [1.807, 2.05) is 13.1 Å². The van der Waals surface area contributed by atoms with Gasteiger partial charge in [0, 0.05) is 35.5 Å². The van der Waals surface area contributed by atoms with Crippen molar-refractivity contribution in [2.24, 2.45) is 16.8 Å². The van der Waals surface area contributed by atoms with Gasteiger partial charge in [-0.1, -0.05) is 29.8 Å². The number of nitrogens with zero attached hydrogens (tertiary/aromatic N) is 1.